The van der Waals surface area contributed by atoms with Gasteiger partial charge in [0.2, 0.25) is 0 Å². The van der Waals surface area contributed by atoms with E-state index in [1.807, 2.05) is 61.8 Å². The van der Waals surface area contributed by atoms with E-state index in [2.05, 4.69) is 32.5 Å². The molecular formula is C25H23N5O2S. The molecular weight excluding hydrogens is 434 g/mol. The molecule has 0 aliphatic rings. The number of aliphatic hydroxyl groups is 1. The van der Waals surface area contributed by atoms with Crippen molar-refractivity contribution < 1.29 is 9.84 Å². The third-order valence-corrected chi connectivity index (χ3v) is 6.15. The number of aryl methyl sites for hydroxylation is 1. The summed E-state index contributed by atoms with van der Waals surface area (Å²) in [5.41, 5.74) is 3.80. The molecule has 5 aromatic rings. The third kappa shape index (κ3) is 5.02. The predicted octanol–water partition coefficient (Wildman–Crippen LogP) is 4.90. The van der Waals surface area contributed by atoms with Crippen molar-refractivity contribution in [2.75, 3.05) is 11.9 Å². The van der Waals surface area contributed by atoms with Gasteiger partial charge in [-0.15, -0.1) is 0 Å². The Morgan fingerprint density at radius 1 is 1.09 bits per heavy atom. The molecule has 2 aromatic carbocycles. The molecule has 2 N–H and O–H groups in total. The van der Waals surface area contributed by atoms with Crippen LogP contribution in [-0.2, 0) is 13.5 Å². The van der Waals surface area contributed by atoms with Gasteiger partial charge in [-0.2, -0.15) is 5.10 Å². The van der Waals surface area contributed by atoms with Crippen molar-refractivity contribution >= 4 is 26.7 Å². The lowest BCUT2D eigenvalue weighted by Gasteiger charge is -2.15. The van der Waals surface area contributed by atoms with Gasteiger partial charge < -0.3 is 15.2 Å². The second-order valence-electron chi connectivity index (χ2n) is 7.74. The van der Waals surface area contributed by atoms with E-state index < -0.39 is 0 Å². The second kappa shape index (κ2) is 9.40. The van der Waals surface area contributed by atoms with E-state index in [0.717, 1.165) is 38.8 Å². The van der Waals surface area contributed by atoms with E-state index in [9.17, 15) is 5.11 Å². The topological polar surface area (TPSA) is 85.1 Å². The molecule has 0 fully saturated rings. The highest BCUT2D eigenvalue weighted by atomic mass is 32.1. The Hall–Kier alpha value is -3.75. The zero-order valence-corrected chi connectivity index (χ0v) is 18.9. The SMILES string of the molecule is Cn1cc(-c2cc(Oc3ccc4nc(N[C@H](CO)Cc5ccccc5)sc4c3)ccn2)cn1. The molecule has 1 atom stereocenters. The van der Waals surface area contributed by atoms with Crippen LogP contribution in [0.5, 0.6) is 11.5 Å². The second-order valence-corrected chi connectivity index (χ2v) is 8.77. The van der Waals surface area contributed by atoms with E-state index in [-0.39, 0.29) is 12.6 Å². The number of thiazole rings is 1. The smallest absolute Gasteiger partial charge is 0.184 e. The summed E-state index contributed by atoms with van der Waals surface area (Å²) in [7, 11) is 1.88. The molecule has 3 heterocycles. The van der Waals surface area contributed by atoms with Gasteiger partial charge in [0.25, 0.3) is 0 Å². The lowest BCUT2D eigenvalue weighted by atomic mass is 10.1. The van der Waals surface area contributed by atoms with Gasteiger partial charge in [0, 0.05) is 37.1 Å². The van der Waals surface area contributed by atoms with E-state index in [1.165, 1.54) is 5.56 Å². The molecule has 0 saturated heterocycles. The Bertz CT molecular complexity index is 1370. The van der Waals surface area contributed by atoms with E-state index in [1.54, 1.807) is 28.4 Å². The summed E-state index contributed by atoms with van der Waals surface area (Å²) in [4.78, 5) is 9.08. The van der Waals surface area contributed by atoms with Crippen molar-refractivity contribution in [1.82, 2.24) is 19.7 Å². The number of rotatable bonds is 8. The summed E-state index contributed by atoms with van der Waals surface area (Å²) < 4.78 is 8.85. The monoisotopic (exact) mass is 457 g/mol. The van der Waals surface area contributed by atoms with Crippen LogP contribution in [-0.4, -0.2) is 37.5 Å². The Morgan fingerprint density at radius 3 is 2.73 bits per heavy atom. The maximum absolute atomic E-state index is 9.82. The quantitative estimate of drug-likeness (QED) is 0.345. The number of benzene rings is 2. The van der Waals surface area contributed by atoms with Crippen LogP contribution in [0.15, 0.2) is 79.3 Å². The number of nitrogens with zero attached hydrogens (tertiary/aromatic N) is 4. The Balaban J connectivity index is 1.31. The van der Waals surface area contributed by atoms with Crippen molar-refractivity contribution in [3.63, 3.8) is 0 Å². The average molecular weight is 458 g/mol. The highest BCUT2D eigenvalue weighted by Gasteiger charge is 2.13. The maximum Gasteiger partial charge on any atom is 0.184 e. The minimum Gasteiger partial charge on any atom is -0.457 e. The number of anilines is 1. The molecule has 0 bridgehead atoms. The zero-order chi connectivity index (χ0) is 22.6. The molecule has 0 spiro atoms. The summed E-state index contributed by atoms with van der Waals surface area (Å²) in [6, 6.07) is 19.6. The van der Waals surface area contributed by atoms with Crippen LogP contribution in [0.3, 0.4) is 0 Å². The molecule has 8 heteroatoms. The Morgan fingerprint density at radius 2 is 1.94 bits per heavy atom. The van der Waals surface area contributed by atoms with Gasteiger partial charge in [0.15, 0.2) is 5.13 Å². The molecule has 33 heavy (non-hydrogen) atoms. The van der Waals surface area contributed by atoms with Gasteiger partial charge in [0.1, 0.15) is 11.5 Å². The average Bonchev–Trinajstić information content (AvgIpc) is 3.45. The lowest BCUT2D eigenvalue weighted by molar-refractivity contribution is 0.273. The first kappa shape index (κ1) is 21.1. The molecule has 0 radical (unpaired) electrons. The first-order chi connectivity index (χ1) is 16.2. The van der Waals surface area contributed by atoms with Gasteiger partial charge in [0.05, 0.1) is 34.8 Å². The molecule has 0 unspecified atom stereocenters. The van der Waals surface area contributed by atoms with E-state index in [0.29, 0.717) is 5.75 Å². The fourth-order valence-electron chi connectivity index (χ4n) is 3.59. The number of ether oxygens (including phenoxy) is 1. The van der Waals surface area contributed by atoms with Crippen molar-refractivity contribution in [2.45, 2.75) is 12.5 Å². The van der Waals surface area contributed by atoms with Crippen LogP contribution in [0.4, 0.5) is 5.13 Å². The van der Waals surface area contributed by atoms with Crippen LogP contribution in [0.2, 0.25) is 0 Å². The lowest BCUT2D eigenvalue weighted by Crippen LogP contribution is -2.26. The van der Waals surface area contributed by atoms with Crippen molar-refractivity contribution in [3.05, 3.63) is 84.8 Å². The molecule has 7 nitrogen and oxygen atoms in total. The van der Waals surface area contributed by atoms with Crippen molar-refractivity contribution in [3.8, 4) is 22.8 Å². The van der Waals surface area contributed by atoms with Crippen LogP contribution in [0.1, 0.15) is 5.56 Å². The van der Waals surface area contributed by atoms with Crippen LogP contribution in [0.25, 0.3) is 21.5 Å². The number of fused-ring (bicyclic) bond motifs is 1. The molecule has 0 amide bonds. The van der Waals surface area contributed by atoms with Crippen molar-refractivity contribution in [2.24, 2.45) is 7.05 Å². The van der Waals surface area contributed by atoms with Gasteiger partial charge in [-0.05, 0) is 30.2 Å². The largest absolute Gasteiger partial charge is 0.457 e. The Labute approximate surface area is 195 Å². The van der Waals surface area contributed by atoms with Gasteiger partial charge >= 0.3 is 0 Å². The van der Waals surface area contributed by atoms with E-state index in [4.69, 9.17) is 4.74 Å². The minimum absolute atomic E-state index is 0.0283. The molecule has 0 saturated carbocycles. The van der Waals surface area contributed by atoms with E-state index >= 15 is 0 Å². The predicted molar refractivity (Wildman–Crippen MR) is 131 cm³/mol. The number of aliphatic hydroxyl groups excluding tert-OH is 1. The molecule has 3 aromatic heterocycles. The van der Waals surface area contributed by atoms with Crippen molar-refractivity contribution in [1.29, 1.82) is 0 Å². The molecule has 5 rings (SSSR count). The summed E-state index contributed by atoms with van der Waals surface area (Å²) in [5.74, 6) is 1.43. The van der Waals surface area contributed by atoms with Crippen LogP contribution in [0, 0.1) is 0 Å². The molecule has 0 aliphatic carbocycles. The number of pyridine rings is 1. The fourth-order valence-corrected chi connectivity index (χ4v) is 4.56. The summed E-state index contributed by atoms with van der Waals surface area (Å²) in [6.07, 6.45) is 6.15. The number of nitrogens with one attached hydrogen (secondary N) is 1. The first-order valence-corrected chi connectivity index (χ1v) is 11.4. The number of aromatic nitrogens is 4. The van der Waals surface area contributed by atoms with Crippen LogP contribution >= 0.6 is 11.3 Å². The highest BCUT2D eigenvalue weighted by Crippen LogP contribution is 2.32. The highest BCUT2D eigenvalue weighted by molar-refractivity contribution is 7.22. The number of hydrogen-bond donors (Lipinski definition) is 2. The normalized spacial score (nSPS) is 12.1. The van der Waals surface area contributed by atoms with Gasteiger partial charge in [-0.25, -0.2) is 4.98 Å². The standard InChI is InChI=1S/C25H23N5O2S/c1-30-15-18(14-27-30)23-12-21(9-10-26-23)32-20-7-8-22-24(13-20)33-25(29-22)28-19(16-31)11-17-5-3-2-4-6-17/h2-10,12-15,19,31H,11,16H2,1H3,(H,28,29)/t19-/m0/s1. The Kier molecular flexibility index (Phi) is 6.01. The summed E-state index contributed by atoms with van der Waals surface area (Å²) in [5, 5.41) is 18.2. The molecule has 0 aliphatic heterocycles. The van der Waals surface area contributed by atoms with Gasteiger partial charge in [-0.3, -0.25) is 9.67 Å². The fraction of sp³-hybridized carbons (Fsp3) is 0.160. The summed E-state index contributed by atoms with van der Waals surface area (Å²) in [6.45, 7) is 0.0283. The third-order valence-electron chi connectivity index (χ3n) is 5.20. The van der Waals surface area contributed by atoms with Crippen LogP contribution < -0.4 is 10.1 Å². The minimum atomic E-state index is -0.105. The molecule has 166 valence electrons. The summed E-state index contributed by atoms with van der Waals surface area (Å²) >= 11 is 1.54. The maximum atomic E-state index is 9.82. The zero-order valence-electron chi connectivity index (χ0n) is 18.0. The van der Waals surface area contributed by atoms with Gasteiger partial charge in [-0.1, -0.05) is 41.7 Å². The number of hydrogen-bond acceptors (Lipinski definition) is 7. The first-order valence-electron chi connectivity index (χ1n) is 10.6.